The molecule has 2 heterocycles. The zero-order chi connectivity index (χ0) is 28.2. The van der Waals surface area contributed by atoms with E-state index in [9.17, 15) is 0 Å². The Bertz CT molecular complexity index is 1580. The highest BCUT2D eigenvalue weighted by Gasteiger charge is 2.15. The molecule has 0 amide bonds. The molecule has 0 radical (unpaired) electrons. The molecule has 0 aliphatic heterocycles. The molecule has 6 aromatic rings. The minimum Gasteiger partial charge on any atom is -1.00 e. The summed E-state index contributed by atoms with van der Waals surface area (Å²) in [6.07, 6.45) is 12.7. The maximum atomic E-state index is 2.23. The van der Waals surface area contributed by atoms with E-state index in [2.05, 4.69) is 170 Å². The molecular weight excluding hydrogens is 559 g/mol. The Labute approximate surface area is 262 Å². The van der Waals surface area contributed by atoms with Gasteiger partial charge in [0.2, 0.25) is 0 Å². The van der Waals surface area contributed by atoms with Gasteiger partial charge in [0.1, 0.15) is 47.5 Å². The molecule has 4 nitrogen and oxygen atoms in total. The van der Waals surface area contributed by atoms with Crippen molar-refractivity contribution in [3.63, 3.8) is 0 Å². The number of benzene rings is 4. The first-order chi connectivity index (χ1) is 19.3. The zero-order valence-electron chi connectivity index (χ0n) is 25.1. The first-order valence-corrected chi connectivity index (χ1v) is 13.8. The van der Waals surface area contributed by atoms with E-state index < -0.39 is 0 Å². The van der Waals surface area contributed by atoms with Crippen molar-refractivity contribution in [2.75, 3.05) is 0 Å². The normalized spacial score (nSPS) is 10.2. The van der Waals surface area contributed by atoms with Crippen LogP contribution in [0.4, 0.5) is 0 Å². The fourth-order valence-electron chi connectivity index (χ4n) is 5.64. The predicted octanol–water partition coefficient (Wildman–Crippen LogP) is 1.37. The van der Waals surface area contributed by atoms with Crippen LogP contribution >= 0.6 is 0 Å². The van der Waals surface area contributed by atoms with Crippen LogP contribution in [-0.2, 0) is 0 Å². The number of hydrogen-bond acceptors (Lipinski definition) is 0. The van der Waals surface area contributed by atoms with Crippen molar-refractivity contribution in [2.45, 2.75) is 41.5 Å². The standard InChI is InChI=1S/2C18H19N2.2ClH/c2*1-14-11-15(2)18(16(3)12-14)20-10-9-19(13-20)17-7-5-4-6-8-17;;/h2*4-13H,1-3H3;2*1H/q2*+1;;/p-2. The van der Waals surface area contributed by atoms with Crippen molar-refractivity contribution in [1.82, 2.24) is 9.13 Å². The third-order valence-corrected chi connectivity index (χ3v) is 7.17. The Morgan fingerprint density at radius 2 is 0.762 bits per heavy atom. The van der Waals surface area contributed by atoms with E-state index in [-0.39, 0.29) is 24.8 Å². The highest BCUT2D eigenvalue weighted by atomic mass is 35.5. The molecule has 0 saturated carbocycles. The van der Waals surface area contributed by atoms with Crippen LogP contribution in [0.1, 0.15) is 33.4 Å². The zero-order valence-corrected chi connectivity index (χ0v) is 26.6. The molecule has 216 valence electrons. The number of aryl methyl sites for hydroxylation is 6. The summed E-state index contributed by atoms with van der Waals surface area (Å²) in [5, 5.41) is 0. The number of rotatable bonds is 4. The summed E-state index contributed by atoms with van der Waals surface area (Å²) in [5.74, 6) is 0. The lowest BCUT2D eigenvalue weighted by Crippen LogP contribution is -3.00. The molecule has 0 fully saturated rings. The predicted molar refractivity (Wildman–Crippen MR) is 163 cm³/mol. The summed E-state index contributed by atoms with van der Waals surface area (Å²) in [6.45, 7) is 13.0. The highest BCUT2D eigenvalue weighted by Crippen LogP contribution is 2.18. The van der Waals surface area contributed by atoms with E-state index in [0.29, 0.717) is 0 Å². The van der Waals surface area contributed by atoms with Crippen molar-refractivity contribution in [2.24, 2.45) is 0 Å². The molecule has 2 aromatic heterocycles. The third-order valence-electron chi connectivity index (χ3n) is 7.17. The lowest BCUT2D eigenvalue weighted by molar-refractivity contribution is -0.595. The third kappa shape index (κ3) is 7.20. The van der Waals surface area contributed by atoms with Gasteiger partial charge in [-0.2, -0.15) is 0 Å². The summed E-state index contributed by atoms with van der Waals surface area (Å²) in [6, 6.07) is 29.7. The molecule has 0 atom stereocenters. The van der Waals surface area contributed by atoms with Gasteiger partial charge in [-0.15, -0.1) is 0 Å². The second-order valence-electron chi connectivity index (χ2n) is 10.6. The van der Waals surface area contributed by atoms with E-state index in [0.717, 1.165) is 0 Å². The Morgan fingerprint density at radius 3 is 1.07 bits per heavy atom. The maximum absolute atomic E-state index is 2.23. The average molecular weight is 598 g/mol. The highest BCUT2D eigenvalue weighted by molar-refractivity contribution is 5.44. The Morgan fingerprint density at radius 1 is 0.452 bits per heavy atom. The first kappa shape index (κ1) is 32.4. The number of halogens is 2. The average Bonchev–Trinajstić information content (AvgIpc) is 3.60. The van der Waals surface area contributed by atoms with E-state index in [1.54, 1.807) is 0 Å². The summed E-state index contributed by atoms with van der Waals surface area (Å²) in [5.41, 5.74) is 12.7. The number of aromatic nitrogens is 4. The largest absolute Gasteiger partial charge is 1.00 e. The van der Waals surface area contributed by atoms with Gasteiger partial charge >= 0.3 is 0 Å². The maximum Gasteiger partial charge on any atom is 0.254 e. The topological polar surface area (TPSA) is 17.6 Å². The lowest BCUT2D eigenvalue weighted by atomic mass is 10.1. The minimum absolute atomic E-state index is 0. The molecule has 6 rings (SSSR count). The first-order valence-electron chi connectivity index (χ1n) is 13.8. The monoisotopic (exact) mass is 596 g/mol. The molecule has 4 aromatic carbocycles. The SMILES string of the molecule is Cc1cc(C)c(-[n+]2ccn(-c3ccccc3)c2)c(C)c1.Cc1cc(C)c(-[n+]2ccn(-c3ccccc3)c2)c(C)c1.[Cl-].[Cl-]. The van der Waals surface area contributed by atoms with Gasteiger partial charge < -0.3 is 24.8 Å². The van der Waals surface area contributed by atoms with Crippen molar-refractivity contribution in [1.29, 1.82) is 0 Å². The Hall–Kier alpha value is -4.12. The second kappa shape index (κ2) is 14.2. The lowest BCUT2D eigenvalue weighted by Gasteiger charge is -2.07. The van der Waals surface area contributed by atoms with E-state index in [1.165, 1.54) is 56.1 Å². The molecule has 42 heavy (non-hydrogen) atoms. The molecule has 0 saturated heterocycles. The van der Waals surface area contributed by atoms with Crippen LogP contribution in [0.3, 0.4) is 0 Å². The van der Waals surface area contributed by atoms with Crippen molar-refractivity contribution in [3.05, 3.63) is 156 Å². The minimum atomic E-state index is 0. The quantitative estimate of drug-likeness (QED) is 0.274. The van der Waals surface area contributed by atoms with Crippen LogP contribution in [0.5, 0.6) is 0 Å². The van der Waals surface area contributed by atoms with E-state index in [4.69, 9.17) is 0 Å². The van der Waals surface area contributed by atoms with Gasteiger partial charge in [-0.3, -0.25) is 0 Å². The van der Waals surface area contributed by atoms with Crippen LogP contribution in [-0.4, -0.2) is 9.13 Å². The van der Waals surface area contributed by atoms with Crippen LogP contribution in [0.25, 0.3) is 22.7 Å². The van der Waals surface area contributed by atoms with Gasteiger partial charge in [0.25, 0.3) is 12.7 Å². The fourth-order valence-corrected chi connectivity index (χ4v) is 5.64. The number of imidazole rings is 2. The second-order valence-corrected chi connectivity index (χ2v) is 10.6. The van der Waals surface area contributed by atoms with Gasteiger partial charge in [0, 0.05) is 0 Å². The van der Waals surface area contributed by atoms with Crippen LogP contribution in [0, 0.1) is 41.5 Å². The Balaban J connectivity index is 0.000000220. The molecule has 6 heteroatoms. The van der Waals surface area contributed by atoms with Gasteiger partial charge in [-0.1, -0.05) is 71.8 Å². The molecule has 0 aliphatic carbocycles. The van der Waals surface area contributed by atoms with Crippen molar-refractivity contribution >= 4 is 0 Å². The van der Waals surface area contributed by atoms with Crippen LogP contribution in [0.2, 0.25) is 0 Å². The fraction of sp³-hybridized carbons (Fsp3) is 0.167. The smallest absolute Gasteiger partial charge is 0.254 e. The summed E-state index contributed by atoms with van der Waals surface area (Å²) >= 11 is 0. The Kier molecular flexibility index (Phi) is 10.9. The van der Waals surface area contributed by atoms with Gasteiger partial charge in [-0.05, 0) is 88.1 Å². The summed E-state index contributed by atoms with van der Waals surface area (Å²) < 4.78 is 8.66. The number of hydrogen-bond donors (Lipinski definition) is 0. The molecule has 0 aliphatic rings. The van der Waals surface area contributed by atoms with Gasteiger partial charge in [0.05, 0.1) is 0 Å². The summed E-state index contributed by atoms with van der Waals surface area (Å²) in [7, 11) is 0. The van der Waals surface area contributed by atoms with E-state index >= 15 is 0 Å². The number of nitrogens with zero attached hydrogens (tertiary/aromatic N) is 4. The molecule has 0 bridgehead atoms. The van der Waals surface area contributed by atoms with Crippen LogP contribution < -0.4 is 33.9 Å². The van der Waals surface area contributed by atoms with E-state index in [1.807, 2.05) is 12.1 Å². The van der Waals surface area contributed by atoms with Crippen molar-refractivity contribution in [3.8, 4) is 22.7 Å². The molecule has 0 unspecified atom stereocenters. The summed E-state index contributed by atoms with van der Waals surface area (Å²) in [4.78, 5) is 0. The molecule has 0 N–H and O–H groups in total. The molecular formula is C36H38Cl2N4. The van der Waals surface area contributed by atoms with Gasteiger partial charge in [-0.25, -0.2) is 18.3 Å². The van der Waals surface area contributed by atoms with Crippen LogP contribution in [0.15, 0.2) is 122 Å². The number of para-hydroxylation sites is 2. The molecule has 0 spiro atoms. The van der Waals surface area contributed by atoms with Crippen molar-refractivity contribution < 1.29 is 33.9 Å². The van der Waals surface area contributed by atoms with Gasteiger partial charge in [0.15, 0.2) is 0 Å².